The molecule has 2 rings (SSSR count). The van der Waals surface area contributed by atoms with Gasteiger partial charge in [0.05, 0.1) is 106 Å². The van der Waals surface area contributed by atoms with Gasteiger partial charge in [0, 0.05) is 91.3 Å². The summed E-state index contributed by atoms with van der Waals surface area (Å²) in [6.45, 7) is 36.8. The van der Waals surface area contributed by atoms with Crippen LogP contribution in [0.4, 0.5) is 0 Å². The number of hydrogen-bond acceptors (Lipinski definition) is 15. The molecule has 19 heteroatoms. The number of amides is 4. The lowest BCUT2D eigenvalue weighted by atomic mass is 9.72. The number of nitrogens with one attached hydrogen (secondary N) is 4. The van der Waals surface area contributed by atoms with Crippen LogP contribution >= 0.6 is 0 Å². The average molecular weight is 1320 g/mol. The summed E-state index contributed by atoms with van der Waals surface area (Å²) in [5.74, 6) is -0.268. The highest BCUT2D eigenvalue weighted by Crippen LogP contribution is 2.42. The van der Waals surface area contributed by atoms with E-state index >= 15 is 0 Å². The summed E-state index contributed by atoms with van der Waals surface area (Å²) in [7, 11) is 1.61. The maximum Gasteiger partial charge on any atom is 0.244 e. The molecule has 0 radical (unpaired) electrons. The normalized spacial score (nSPS) is 15.6. The first-order valence-corrected chi connectivity index (χ1v) is 34.5. The molecule has 4 amide bonds. The van der Waals surface area contributed by atoms with Crippen molar-refractivity contribution >= 4 is 23.6 Å². The van der Waals surface area contributed by atoms with Crippen LogP contribution in [0.1, 0.15) is 153 Å². The third-order valence-electron chi connectivity index (χ3n) is 15.2. The van der Waals surface area contributed by atoms with E-state index in [2.05, 4.69) is 113 Å². The van der Waals surface area contributed by atoms with Gasteiger partial charge in [0.15, 0.2) is 0 Å². The third-order valence-corrected chi connectivity index (χ3v) is 15.2. The van der Waals surface area contributed by atoms with Gasteiger partial charge in [-0.05, 0) is 146 Å². The molecule has 0 heterocycles. The molecule has 0 fully saturated rings. The van der Waals surface area contributed by atoms with Gasteiger partial charge in [0.1, 0.15) is 0 Å². The Morgan fingerprint density at radius 3 is 1.04 bits per heavy atom. The van der Waals surface area contributed by atoms with Crippen LogP contribution in [0.2, 0.25) is 0 Å². The summed E-state index contributed by atoms with van der Waals surface area (Å²) in [5, 5.41) is 11.5. The lowest BCUT2D eigenvalue weighted by molar-refractivity contribution is -0.123. The van der Waals surface area contributed by atoms with Crippen molar-refractivity contribution in [2.75, 3.05) is 172 Å². The highest BCUT2D eigenvalue weighted by molar-refractivity contribution is 5.89. The SMILES string of the molecule is CCOCCOCCOCCC(=O)NCCCOCCOCCOCCCNC(=O)/C=C(C)/C=C/C=C(C)/C=C/C1=C(C)CCCC1(C)C.COCCOCCC(=O)NCCCOCCOCCOCCCNC(=O)/C=C(C)/C=C/C=C(C)/C=C/C1=C(C)CCCC1(C)C. The molecule has 0 aromatic rings. The predicted octanol–water partition coefficient (Wildman–Crippen LogP) is 11.7. The Bertz CT molecular complexity index is 2380. The maximum absolute atomic E-state index is 12.2. The van der Waals surface area contributed by atoms with Crippen LogP contribution in [-0.2, 0) is 71.3 Å². The van der Waals surface area contributed by atoms with Crippen molar-refractivity contribution in [2.45, 2.75) is 153 Å². The van der Waals surface area contributed by atoms with Crippen LogP contribution in [-0.4, -0.2) is 196 Å². The van der Waals surface area contributed by atoms with E-state index in [1.54, 1.807) is 19.3 Å². The van der Waals surface area contributed by atoms with Gasteiger partial charge < -0.3 is 73.4 Å². The maximum atomic E-state index is 12.2. The fraction of sp³-hybridized carbons (Fsp3) is 0.680. The average Bonchev–Trinajstić information content (AvgIpc) is 0.871. The minimum absolute atomic E-state index is 0.0254. The topological polar surface area (TPSA) is 218 Å². The number of ether oxygens (including phenoxy) is 11. The molecule has 0 aliphatic heterocycles. The van der Waals surface area contributed by atoms with E-state index in [9.17, 15) is 19.2 Å². The molecule has 94 heavy (non-hydrogen) atoms. The van der Waals surface area contributed by atoms with Gasteiger partial charge in [0.25, 0.3) is 0 Å². The zero-order chi connectivity index (χ0) is 69.2. The number of allylic oxidation sites excluding steroid dienone is 18. The molecule has 0 saturated heterocycles. The van der Waals surface area contributed by atoms with Crippen molar-refractivity contribution in [1.29, 1.82) is 0 Å². The summed E-state index contributed by atoms with van der Waals surface area (Å²) >= 11 is 0. The largest absolute Gasteiger partial charge is 0.382 e. The Morgan fingerprint density at radius 2 is 0.713 bits per heavy atom. The molecule has 0 bridgehead atoms. The lowest BCUT2D eigenvalue weighted by Crippen LogP contribution is -2.26. The van der Waals surface area contributed by atoms with Crippen LogP contribution in [0, 0.1) is 10.8 Å². The highest BCUT2D eigenvalue weighted by Gasteiger charge is 2.27. The van der Waals surface area contributed by atoms with Crippen LogP contribution in [0.15, 0.2) is 117 Å². The van der Waals surface area contributed by atoms with E-state index in [1.807, 2.05) is 45.1 Å². The molecule has 0 spiro atoms. The second-order valence-electron chi connectivity index (χ2n) is 24.7. The van der Waals surface area contributed by atoms with Gasteiger partial charge >= 0.3 is 0 Å². The molecule has 0 aromatic heterocycles. The van der Waals surface area contributed by atoms with Crippen molar-refractivity contribution in [3.63, 3.8) is 0 Å². The van der Waals surface area contributed by atoms with Crippen molar-refractivity contribution in [3.05, 3.63) is 117 Å². The monoisotopic (exact) mass is 1320 g/mol. The fourth-order valence-corrected chi connectivity index (χ4v) is 9.87. The quantitative estimate of drug-likeness (QED) is 0.0253. The molecule has 19 nitrogen and oxygen atoms in total. The first-order valence-electron chi connectivity index (χ1n) is 34.5. The lowest BCUT2D eigenvalue weighted by Gasteiger charge is -2.33. The molecular weight excluding hydrogens is 1200 g/mol. The van der Waals surface area contributed by atoms with Gasteiger partial charge in [-0.15, -0.1) is 0 Å². The zero-order valence-electron chi connectivity index (χ0n) is 60.2. The number of carbonyl (C=O) groups is 4. The minimum atomic E-state index is -0.105. The molecular formula is C75H126N4O15. The summed E-state index contributed by atoms with van der Waals surface area (Å²) < 4.78 is 59.3. The van der Waals surface area contributed by atoms with E-state index in [0.717, 1.165) is 36.8 Å². The summed E-state index contributed by atoms with van der Waals surface area (Å²) in [4.78, 5) is 47.9. The molecule has 2 aliphatic carbocycles. The fourth-order valence-electron chi connectivity index (χ4n) is 9.87. The summed E-state index contributed by atoms with van der Waals surface area (Å²) in [6, 6.07) is 0. The number of methoxy groups -OCH3 is 1. The van der Waals surface area contributed by atoms with Gasteiger partial charge in [0.2, 0.25) is 23.6 Å². The van der Waals surface area contributed by atoms with E-state index in [1.165, 1.54) is 72.0 Å². The van der Waals surface area contributed by atoms with Crippen molar-refractivity contribution in [2.24, 2.45) is 10.8 Å². The molecule has 0 atom stereocenters. The Hall–Kier alpha value is -5.16. The molecule has 0 unspecified atom stereocenters. The first kappa shape index (κ1) is 86.9. The van der Waals surface area contributed by atoms with E-state index in [4.69, 9.17) is 52.1 Å². The van der Waals surface area contributed by atoms with Gasteiger partial charge in [-0.1, -0.05) is 111 Å². The predicted molar refractivity (Wildman–Crippen MR) is 378 cm³/mol. The Morgan fingerprint density at radius 1 is 0.404 bits per heavy atom. The van der Waals surface area contributed by atoms with Crippen LogP contribution < -0.4 is 21.3 Å². The molecule has 0 saturated carbocycles. The third kappa shape index (κ3) is 50.3. The molecule has 4 N–H and O–H groups in total. The summed E-state index contributed by atoms with van der Waals surface area (Å²) in [6.07, 6.45) is 35.2. The van der Waals surface area contributed by atoms with Gasteiger partial charge in [-0.3, -0.25) is 19.2 Å². The second-order valence-corrected chi connectivity index (χ2v) is 24.7. The Kier molecular flexibility index (Phi) is 53.6. The number of hydrogen-bond donors (Lipinski definition) is 4. The minimum Gasteiger partial charge on any atom is -0.382 e. The molecule has 0 aromatic carbocycles. The standard InChI is InChI=1S/C39H66N2O8.C36H60N2O7/c1-7-44-24-25-48-31-28-47-23-17-37(42)40-19-10-21-45-26-29-49-30-27-46-22-11-20-41-38(43)32-34(3)13-8-12-33(2)15-16-36-35(4)14-9-18-39(36,5)6;1-30(14-15-33-32(3)13-8-17-36(33,4)5)11-7-12-31(2)29-35(40)38-19-10-21-43-26-28-45-27-25-42-20-9-18-37-34(39)16-22-44-24-23-41-6/h8,12-13,15-16,32H,7,9-11,14,17-31H2,1-6H3,(H,40,42)(H,41,43);7,11-12,14-15,29H,8-10,13,16-28H2,1-6H3,(H,37,39)(H,38,40)/b13-8+,16-15+,33-12+,34-32+;12-7+,15-14+,30-11+,31-29+. The van der Waals surface area contributed by atoms with Crippen LogP contribution in [0.3, 0.4) is 0 Å². The molecule has 2 aliphatic rings. The Labute approximate surface area is 567 Å². The van der Waals surface area contributed by atoms with Gasteiger partial charge in [-0.2, -0.15) is 0 Å². The van der Waals surface area contributed by atoms with E-state index in [0.29, 0.717) is 178 Å². The highest BCUT2D eigenvalue weighted by atomic mass is 16.6. The van der Waals surface area contributed by atoms with Gasteiger partial charge in [-0.25, -0.2) is 0 Å². The smallest absolute Gasteiger partial charge is 0.244 e. The number of rotatable bonds is 54. The zero-order valence-corrected chi connectivity index (χ0v) is 60.2. The van der Waals surface area contributed by atoms with Crippen LogP contribution in [0.25, 0.3) is 0 Å². The summed E-state index contributed by atoms with van der Waals surface area (Å²) in [5.41, 5.74) is 10.5. The Balaban J connectivity index is 0.000000943. The van der Waals surface area contributed by atoms with E-state index < -0.39 is 0 Å². The van der Waals surface area contributed by atoms with Crippen molar-refractivity contribution < 1.29 is 71.3 Å². The van der Waals surface area contributed by atoms with E-state index in [-0.39, 0.29) is 34.5 Å². The molecule has 536 valence electrons. The number of carbonyl (C=O) groups excluding carboxylic acids is 4. The van der Waals surface area contributed by atoms with Crippen molar-refractivity contribution in [1.82, 2.24) is 21.3 Å². The second kappa shape index (κ2) is 58.0. The van der Waals surface area contributed by atoms with Crippen LogP contribution in [0.5, 0.6) is 0 Å². The first-order chi connectivity index (χ1) is 45.3. The van der Waals surface area contributed by atoms with Crippen molar-refractivity contribution in [3.8, 4) is 0 Å².